The van der Waals surface area contributed by atoms with Crippen molar-refractivity contribution in [3.63, 3.8) is 0 Å². The minimum Gasteiger partial charge on any atom is -0.493 e. The third-order valence-corrected chi connectivity index (χ3v) is 6.43. The summed E-state index contributed by atoms with van der Waals surface area (Å²) in [5, 5.41) is 0.645. The summed E-state index contributed by atoms with van der Waals surface area (Å²) in [6, 6.07) is 11.6. The van der Waals surface area contributed by atoms with Gasteiger partial charge in [-0.15, -0.1) is 0 Å². The van der Waals surface area contributed by atoms with Gasteiger partial charge in [0.2, 0.25) is 5.91 Å². The molecule has 0 spiro atoms. The number of nitrogens with zero attached hydrogens (tertiary/aromatic N) is 3. The molecule has 32 heavy (non-hydrogen) atoms. The van der Waals surface area contributed by atoms with Crippen LogP contribution in [0.5, 0.6) is 11.5 Å². The van der Waals surface area contributed by atoms with E-state index in [-0.39, 0.29) is 17.5 Å². The molecule has 0 unspecified atom stereocenters. The van der Waals surface area contributed by atoms with Crippen molar-refractivity contribution in [3.8, 4) is 11.5 Å². The van der Waals surface area contributed by atoms with E-state index in [4.69, 9.17) is 14.5 Å². The molecule has 1 aliphatic heterocycles. The first-order valence-corrected chi connectivity index (χ1v) is 11.1. The molecule has 1 saturated carbocycles. The van der Waals surface area contributed by atoms with Crippen LogP contribution in [-0.2, 0) is 24.2 Å². The average molecular weight is 434 g/mol. The summed E-state index contributed by atoms with van der Waals surface area (Å²) in [5.41, 5.74) is 2.98. The molecule has 166 valence electrons. The number of rotatable bonds is 6. The van der Waals surface area contributed by atoms with Crippen LogP contribution in [0.1, 0.15) is 42.3 Å². The second-order valence-electron chi connectivity index (χ2n) is 8.49. The summed E-state index contributed by atoms with van der Waals surface area (Å²) in [6.07, 6.45) is 3.57. The summed E-state index contributed by atoms with van der Waals surface area (Å²) in [5.74, 6) is 2.18. The van der Waals surface area contributed by atoms with E-state index in [1.165, 1.54) is 5.56 Å². The van der Waals surface area contributed by atoms with E-state index in [9.17, 15) is 9.59 Å². The predicted molar refractivity (Wildman–Crippen MR) is 121 cm³/mol. The molecule has 0 bridgehead atoms. The fourth-order valence-corrected chi connectivity index (χ4v) is 4.55. The lowest BCUT2D eigenvalue weighted by molar-refractivity contribution is -0.132. The van der Waals surface area contributed by atoms with E-state index in [1.807, 2.05) is 45.9 Å². The fourth-order valence-electron chi connectivity index (χ4n) is 4.55. The first-order chi connectivity index (χ1) is 15.6. The number of carbonyl (C=O) groups excluding carboxylic acids is 1. The Balaban J connectivity index is 1.34. The Labute approximate surface area is 186 Å². The van der Waals surface area contributed by atoms with Gasteiger partial charge in [-0.25, -0.2) is 4.98 Å². The smallest absolute Gasteiger partial charge is 0.261 e. The largest absolute Gasteiger partial charge is 0.493 e. The lowest BCUT2D eigenvalue weighted by atomic mass is 9.98. The molecule has 2 aliphatic rings. The Morgan fingerprint density at radius 1 is 1.09 bits per heavy atom. The van der Waals surface area contributed by atoms with Crippen LogP contribution in [0.15, 0.2) is 41.2 Å². The number of carbonyl (C=O) groups is 1. The van der Waals surface area contributed by atoms with Gasteiger partial charge in [0.25, 0.3) is 5.56 Å². The van der Waals surface area contributed by atoms with E-state index >= 15 is 0 Å². The first-order valence-electron chi connectivity index (χ1n) is 11.1. The highest BCUT2D eigenvalue weighted by Crippen LogP contribution is 2.35. The molecule has 3 aromatic rings. The molecule has 7 heteroatoms. The van der Waals surface area contributed by atoms with Crippen LogP contribution in [-0.4, -0.2) is 41.1 Å². The summed E-state index contributed by atoms with van der Waals surface area (Å²) in [4.78, 5) is 32.7. The second kappa shape index (κ2) is 8.30. The summed E-state index contributed by atoms with van der Waals surface area (Å²) < 4.78 is 12.6. The number of aryl methyl sites for hydroxylation is 1. The normalized spacial score (nSPS) is 15.5. The maximum atomic E-state index is 13.1. The van der Waals surface area contributed by atoms with Gasteiger partial charge in [0.05, 0.1) is 25.1 Å². The predicted octanol–water partition coefficient (Wildman–Crippen LogP) is 3.27. The molecule has 0 atom stereocenters. The molecule has 2 heterocycles. The SMILES string of the molecule is COc1cc2c(cc1OC)CN(C(=O)CCc1nc3ccccc3c(=O)n1C1CC1)CC2. The lowest BCUT2D eigenvalue weighted by Gasteiger charge is -2.30. The molecular formula is C25H27N3O4. The molecular weight excluding hydrogens is 406 g/mol. The summed E-state index contributed by atoms with van der Waals surface area (Å²) >= 11 is 0. The van der Waals surface area contributed by atoms with Crippen LogP contribution in [0.4, 0.5) is 0 Å². The lowest BCUT2D eigenvalue weighted by Crippen LogP contribution is -2.36. The molecule has 1 aliphatic carbocycles. The molecule has 1 amide bonds. The quantitative estimate of drug-likeness (QED) is 0.597. The third kappa shape index (κ3) is 3.72. The number of hydrogen-bond donors (Lipinski definition) is 0. The van der Waals surface area contributed by atoms with E-state index in [1.54, 1.807) is 14.2 Å². The Kier molecular flexibility index (Phi) is 5.33. The molecule has 0 N–H and O–H groups in total. The van der Waals surface area contributed by atoms with Crippen LogP contribution in [0.25, 0.3) is 10.9 Å². The topological polar surface area (TPSA) is 73.7 Å². The number of amides is 1. The number of hydrogen-bond acceptors (Lipinski definition) is 5. The number of methoxy groups -OCH3 is 2. The van der Waals surface area contributed by atoms with Gasteiger partial charge in [-0.1, -0.05) is 12.1 Å². The number of ether oxygens (including phenoxy) is 2. The molecule has 0 saturated heterocycles. The molecule has 1 aromatic heterocycles. The molecule has 5 rings (SSSR count). The molecule has 2 aromatic carbocycles. The highest BCUT2D eigenvalue weighted by Gasteiger charge is 2.29. The van der Waals surface area contributed by atoms with Gasteiger partial charge >= 0.3 is 0 Å². The third-order valence-electron chi connectivity index (χ3n) is 6.43. The highest BCUT2D eigenvalue weighted by atomic mass is 16.5. The van der Waals surface area contributed by atoms with Crippen molar-refractivity contribution in [1.29, 1.82) is 0 Å². The van der Waals surface area contributed by atoms with Crippen molar-refractivity contribution >= 4 is 16.8 Å². The number of aromatic nitrogens is 2. The van der Waals surface area contributed by atoms with Gasteiger partial charge in [0, 0.05) is 32.0 Å². The van der Waals surface area contributed by atoms with Gasteiger partial charge in [-0.3, -0.25) is 14.2 Å². The van der Waals surface area contributed by atoms with Crippen LogP contribution < -0.4 is 15.0 Å². The van der Waals surface area contributed by atoms with Gasteiger partial charge in [0.1, 0.15) is 5.82 Å². The van der Waals surface area contributed by atoms with Crippen molar-refractivity contribution in [2.24, 2.45) is 0 Å². The van der Waals surface area contributed by atoms with Gasteiger partial charge in [-0.2, -0.15) is 0 Å². The average Bonchev–Trinajstić information content (AvgIpc) is 3.66. The monoisotopic (exact) mass is 433 g/mol. The van der Waals surface area contributed by atoms with Crippen molar-refractivity contribution in [2.75, 3.05) is 20.8 Å². The number of para-hydroxylation sites is 1. The van der Waals surface area contributed by atoms with E-state index in [0.717, 1.165) is 24.8 Å². The Bertz CT molecular complexity index is 1250. The van der Waals surface area contributed by atoms with Crippen molar-refractivity contribution in [1.82, 2.24) is 14.5 Å². The maximum Gasteiger partial charge on any atom is 0.261 e. The van der Waals surface area contributed by atoms with Crippen molar-refractivity contribution < 1.29 is 14.3 Å². The summed E-state index contributed by atoms with van der Waals surface area (Å²) in [7, 11) is 3.25. The molecule has 1 fully saturated rings. The second-order valence-corrected chi connectivity index (χ2v) is 8.49. The zero-order valence-electron chi connectivity index (χ0n) is 18.5. The van der Waals surface area contributed by atoms with Crippen molar-refractivity contribution in [3.05, 3.63) is 63.7 Å². The van der Waals surface area contributed by atoms with E-state index in [2.05, 4.69) is 0 Å². The summed E-state index contributed by atoms with van der Waals surface area (Å²) in [6.45, 7) is 1.22. The minimum absolute atomic E-state index is 0.00786. The van der Waals surface area contributed by atoms with Crippen LogP contribution >= 0.6 is 0 Å². The Hall–Kier alpha value is -3.35. The zero-order valence-corrected chi connectivity index (χ0v) is 18.5. The number of fused-ring (bicyclic) bond motifs is 2. The van der Waals surface area contributed by atoms with Gasteiger partial charge in [0.15, 0.2) is 11.5 Å². The zero-order chi connectivity index (χ0) is 22.2. The Morgan fingerprint density at radius 3 is 2.53 bits per heavy atom. The highest BCUT2D eigenvalue weighted by molar-refractivity contribution is 5.78. The van der Waals surface area contributed by atoms with Gasteiger partial charge < -0.3 is 14.4 Å². The van der Waals surface area contributed by atoms with E-state index < -0.39 is 0 Å². The van der Waals surface area contributed by atoms with Crippen molar-refractivity contribution in [2.45, 2.75) is 44.7 Å². The number of benzene rings is 2. The fraction of sp³-hybridized carbons (Fsp3) is 0.400. The molecule has 0 radical (unpaired) electrons. The van der Waals surface area contributed by atoms with Crippen LogP contribution in [0.2, 0.25) is 0 Å². The minimum atomic E-state index is 0.00786. The van der Waals surface area contributed by atoms with E-state index in [0.29, 0.717) is 54.2 Å². The first kappa shape index (κ1) is 20.5. The maximum absolute atomic E-state index is 13.1. The molecule has 7 nitrogen and oxygen atoms in total. The van der Waals surface area contributed by atoms with Crippen LogP contribution in [0.3, 0.4) is 0 Å². The Morgan fingerprint density at radius 2 is 1.81 bits per heavy atom. The van der Waals surface area contributed by atoms with Gasteiger partial charge in [-0.05, 0) is 54.7 Å². The van der Waals surface area contributed by atoms with Crippen LogP contribution in [0, 0.1) is 0 Å². The standard InChI is InChI=1S/C25H27N3O4/c1-31-21-13-16-11-12-27(15-17(16)14-22(21)32-2)24(29)10-9-23-26-20-6-4-3-5-19(20)25(30)28(23)18-7-8-18/h3-6,13-14,18H,7-12,15H2,1-2H3.